The number of esters is 1. The number of halogens is 1. The fraction of sp³-hybridized carbons (Fsp3) is 0.652. The lowest BCUT2D eigenvalue weighted by atomic mass is 9.73. The molecule has 0 bridgehead atoms. The molecule has 0 amide bonds. The van der Waals surface area contributed by atoms with Crippen molar-refractivity contribution in [2.75, 3.05) is 38.2 Å². The third kappa shape index (κ3) is 4.45. The minimum atomic E-state index is -0.123. The van der Waals surface area contributed by atoms with Gasteiger partial charge in [0.1, 0.15) is 5.76 Å². The van der Waals surface area contributed by atoms with E-state index < -0.39 is 0 Å². The number of carbonyl (C=O) groups excluding carboxylic acids is 1. The van der Waals surface area contributed by atoms with Crippen molar-refractivity contribution in [1.82, 2.24) is 9.88 Å². The Kier molecular flexibility index (Phi) is 5.99. The first-order valence-electron chi connectivity index (χ1n) is 10.9. The average Bonchev–Trinajstić information content (AvgIpc) is 3.35. The Hall–Kier alpha value is -1.79. The van der Waals surface area contributed by atoms with Gasteiger partial charge in [-0.1, -0.05) is 32.4 Å². The number of nitrogens with zero attached hydrogens (tertiary/aromatic N) is 3. The molecule has 6 nitrogen and oxygen atoms in total. The van der Waals surface area contributed by atoms with Gasteiger partial charge < -0.3 is 14.1 Å². The van der Waals surface area contributed by atoms with Crippen LogP contribution in [0.2, 0.25) is 5.02 Å². The molecule has 4 rings (SSSR count). The number of rotatable bonds is 4. The summed E-state index contributed by atoms with van der Waals surface area (Å²) in [7, 11) is 1.47. The molecule has 2 aliphatic heterocycles. The zero-order valence-electron chi connectivity index (χ0n) is 18.4. The quantitative estimate of drug-likeness (QED) is 0.649. The average molecular weight is 434 g/mol. The molecular weight excluding hydrogens is 402 g/mol. The molecule has 2 atom stereocenters. The molecule has 0 radical (unpaired) electrons. The lowest BCUT2D eigenvalue weighted by Crippen LogP contribution is -2.46. The molecule has 0 saturated carbocycles. The summed E-state index contributed by atoms with van der Waals surface area (Å²) in [5, 5.41) is 1.60. The predicted octanol–water partition coefficient (Wildman–Crippen LogP) is 4.74. The van der Waals surface area contributed by atoms with Crippen molar-refractivity contribution in [3.8, 4) is 0 Å². The van der Waals surface area contributed by atoms with E-state index in [-0.39, 0.29) is 17.3 Å². The number of hydrogen-bond donors (Lipinski definition) is 0. The molecule has 2 saturated heterocycles. The third-order valence-electron chi connectivity index (χ3n) is 6.57. The Balaban J connectivity index is 1.55. The van der Waals surface area contributed by atoms with Crippen LogP contribution < -0.4 is 4.90 Å². The molecule has 2 aliphatic rings. The van der Waals surface area contributed by atoms with Crippen LogP contribution in [0.1, 0.15) is 45.8 Å². The summed E-state index contributed by atoms with van der Waals surface area (Å²) >= 11 is 6.52. The van der Waals surface area contributed by atoms with Crippen molar-refractivity contribution >= 4 is 34.5 Å². The third-order valence-corrected chi connectivity index (χ3v) is 6.84. The Morgan fingerprint density at radius 1 is 1.27 bits per heavy atom. The number of hydrogen-bond acceptors (Lipinski definition) is 6. The van der Waals surface area contributed by atoms with Crippen molar-refractivity contribution in [2.24, 2.45) is 17.3 Å². The maximum absolute atomic E-state index is 12.3. The van der Waals surface area contributed by atoms with Crippen LogP contribution in [0.4, 0.5) is 5.82 Å². The van der Waals surface area contributed by atoms with Crippen molar-refractivity contribution < 1.29 is 13.9 Å². The van der Waals surface area contributed by atoms with Gasteiger partial charge in [0.2, 0.25) is 5.71 Å². The van der Waals surface area contributed by atoms with Gasteiger partial charge >= 0.3 is 5.97 Å². The zero-order chi connectivity index (χ0) is 21.5. The molecule has 2 aromatic heterocycles. The molecule has 0 spiro atoms. The fourth-order valence-corrected chi connectivity index (χ4v) is 5.00. The van der Waals surface area contributed by atoms with E-state index in [4.69, 9.17) is 25.7 Å². The second-order valence-electron chi connectivity index (χ2n) is 9.81. The molecule has 164 valence electrons. The second kappa shape index (κ2) is 8.39. The van der Waals surface area contributed by atoms with Crippen molar-refractivity contribution in [3.63, 3.8) is 0 Å². The minimum Gasteiger partial charge on any atom is -0.469 e. The SMILES string of the molecule is COC(=O)[C@@H]1C[C@@H](C(C)(C)C)CN(Cc2cc3cc(Cl)c(N4CCCC4)nc3o2)C1. The number of aromatic nitrogens is 1. The number of anilines is 1. The van der Waals surface area contributed by atoms with E-state index in [0.29, 0.717) is 29.7 Å². The number of furan rings is 1. The topological polar surface area (TPSA) is 58.8 Å². The van der Waals surface area contributed by atoms with Crippen LogP contribution in [0.15, 0.2) is 16.5 Å². The smallest absolute Gasteiger partial charge is 0.309 e. The molecule has 4 heterocycles. The van der Waals surface area contributed by atoms with Gasteiger partial charge in [-0.05, 0) is 42.7 Å². The highest BCUT2D eigenvalue weighted by atomic mass is 35.5. The largest absolute Gasteiger partial charge is 0.469 e. The Morgan fingerprint density at radius 3 is 2.67 bits per heavy atom. The molecule has 2 fully saturated rings. The van der Waals surface area contributed by atoms with Crippen LogP contribution in [0.3, 0.4) is 0 Å². The number of piperidine rings is 1. The lowest BCUT2D eigenvalue weighted by Gasteiger charge is -2.42. The van der Waals surface area contributed by atoms with Crippen molar-refractivity contribution in [2.45, 2.75) is 46.6 Å². The monoisotopic (exact) mass is 433 g/mol. The summed E-state index contributed by atoms with van der Waals surface area (Å²) in [5.41, 5.74) is 0.753. The van der Waals surface area contributed by atoms with Gasteiger partial charge in [-0.3, -0.25) is 9.69 Å². The molecule has 0 aromatic carbocycles. The number of likely N-dealkylation sites (tertiary alicyclic amines) is 1. The first-order valence-corrected chi connectivity index (χ1v) is 11.3. The van der Waals surface area contributed by atoms with Crippen LogP contribution in [0.5, 0.6) is 0 Å². The van der Waals surface area contributed by atoms with Crippen LogP contribution in [0.25, 0.3) is 11.1 Å². The van der Waals surface area contributed by atoms with Gasteiger partial charge in [0.05, 0.1) is 24.6 Å². The highest BCUT2D eigenvalue weighted by Crippen LogP contribution is 2.37. The normalized spacial score (nSPS) is 23.3. The van der Waals surface area contributed by atoms with Crippen LogP contribution in [-0.2, 0) is 16.1 Å². The number of methoxy groups -OCH3 is 1. The molecule has 0 unspecified atom stereocenters. The highest BCUT2D eigenvalue weighted by Gasteiger charge is 2.37. The summed E-state index contributed by atoms with van der Waals surface area (Å²) in [6.45, 7) is 11.0. The van der Waals surface area contributed by atoms with E-state index in [2.05, 4.69) is 30.6 Å². The Bertz CT molecular complexity index is 914. The molecule has 2 aromatic rings. The molecule has 30 heavy (non-hydrogen) atoms. The summed E-state index contributed by atoms with van der Waals surface area (Å²) in [6.07, 6.45) is 3.21. The second-order valence-corrected chi connectivity index (χ2v) is 10.2. The van der Waals surface area contributed by atoms with E-state index >= 15 is 0 Å². The van der Waals surface area contributed by atoms with Crippen LogP contribution in [0, 0.1) is 17.3 Å². The summed E-state index contributed by atoms with van der Waals surface area (Å²) in [6, 6.07) is 3.98. The van der Waals surface area contributed by atoms with E-state index in [0.717, 1.165) is 43.0 Å². The van der Waals surface area contributed by atoms with Gasteiger partial charge in [0, 0.05) is 31.6 Å². The number of fused-ring (bicyclic) bond motifs is 1. The van der Waals surface area contributed by atoms with Gasteiger partial charge in [-0.15, -0.1) is 0 Å². The van der Waals surface area contributed by atoms with Crippen molar-refractivity contribution in [1.29, 1.82) is 0 Å². The fourth-order valence-electron chi connectivity index (χ4n) is 4.72. The summed E-state index contributed by atoms with van der Waals surface area (Å²) in [4.78, 5) is 21.5. The lowest BCUT2D eigenvalue weighted by molar-refractivity contribution is -0.149. The number of carbonyl (C=O) groups is 1. The number of pyridine rings is 1. The van der Waals surface area contributed by atoms with Gasteiger partial charge in [0.15, 0.2) is 5.82 Å². The van der Waals surface area contributed by atoms with Gasteiger partial charge in [-0.2, -0.15) is 4.98 Å². The first kappa shape index (κ1) is 21.4. The van der Waals surface area contributed by atoms with Gasteiger partial charge in [0.25, 0.3) is 0 Å². The minimum absolute atomic E-state index is 0.105. The molecule has 0 aliphatic carbocycles. The van der Waals surface area contributed by atoms with Crippen molar-refractivity contribution in [3.05, 3.63) is 22.9 Å². The molecule has 0 N–H and O–H groups in total. The number of ether oxygens (including phenoxy) is 1. The Morgan fingerprint density at radius 2 is 2.00 bits per heavy atom. The van der Waals surface area contributed by atoms with Gasteiger partial charge in [-0.25, -0.2) is 0 Å². The summed E-state index contributed by atoms with van der Waals surface area (Å²) < 4.78 is 11.2. The maximum Gasteiger partial charge on any atom is 0.309 e. The maximum atomic E-state index is 12.3. The van der Waals surface area contributed by atoms with E-state index in [1.54, 1.807) is 0 Å². The molecular formula is C23H32ClN3O3. The van der Waals surface area contributed by atoms with Crippen LogP contribution >= 0.6 is 11.6 Å². The van der Waals surface area contributed by atoms with Crippen LogP contribution in [-0.4, -0.2) is 49.1 Å². The predicted molar refractivity (Wildman–Crippen MR) is 119 cm³/mol. The van der Waals surface area contributed by atoms with E-state index in [9.17, 15) is 4.79 Å². The highest BCUT2D eigenvalue weighted by molar-refractivity contribution is 6.33. The summed E-state index contributed by atoms with van der Waals surface area (Å²) in [5.74, 6) is 1.85. The van der Waals surface area contributed by atoms with E-state index in [1.165, 1.54) is 20.0 Å². The zero-order valence-corrected chi connectivity index (χ0v) is 19.2. The standard InChI is InChI=1S/C23H32ClN3O3/c1-23(2,3)17-9-16(22(28)29-4)12-26(13-17)14-18-10-15-11-19(24)20(25-21(15)30-18)27-7-5-6-8-27/h10-11,16-17H,5-9,12-14H2,1-4H3/t16-,17-/m1/s1. The van der Waals surface area contributed by atoms with E-state index in [1.807, 2.05) is 12.1 Å². The molecule has 7 heteroatoms. The Labute approximate surface area is 183 Å². The first-order chi connectivity index (χ1) is 14.2.